The van der Waals surface area contributed by atoms with Gasteiger partial charge in [-0.25, -0.2) is 4.68 Å². The first-order chi connectivity index (χ1) is 14.2. The van der Waals surface area contributed by atoms with Gasteiger partial charge in [-0.2, -0.15) is 5.10 Å². The number of hydrogen-bond acceptors (Lipinski definition) is 3. The zero-order chi connectivity index (χ0) is 20.2. The van der Waals surface area contributed by atoms with Gasteiger partial charge in [-0.3, -0.25) is 4.79 Å². The number of carbonyl (C=O) groups is 1. The lowest BCUT2D eigenvalue weighted by Crippen LogP contribution is -2.32. The molecule has 1 heterocycles. The lowest BCUT2D eigenvalue weighted by molar-refractivity contribution is -0.131. The number of nitrogens with zero attached hydrogens (tertiary/aromatic N) is 3. The van der Waals surface area contributed by atoms with Crippen LogP contribution in [0.15, 0.2) is 60.7 Å². The lowest BCUT2D eigenvalue weighted by atomic mass is 10.2. The quantitative estimate of drug-likeness (QED) is 0.537. The van der Waals surface area contributed by atoms with Gasteiger partial charge in [-0.1, -0.05) is 43.3 Å². The van der Waals surface area contributed by atoms with E-state index in [9.17, 15) is 4.79 Å². The van der Waals surface area contributed by atoms with Crippen molar-refractivity contribution < 1.29 is 9.53 Å². The first-order valence-electron chi connectivity index (χ1n) is 10.3. The second-order valence-electron chi connectivity index (χ2n) is 7.60. The monoisotopic (exact) mass is 389 g/mol. The van der Waals surface area contributed by atoms with Crippen molar-refractivity contribution in [1.82, 2.24) is 14.7 Å². The van der Waals surface area contributed by atoms with Gasteiger partial charge in [0.1, 0.15) is 5.75 Å². The summed E-state index contributed by atoms with van der Waals surface area (Å²) in [6.07, 6.45) is 2.93. The number of benzene rings is 2. The molecule has 0 N–H and O–H groups in total. The second kappa shape index (κ2) is 8.52. The molecule has 0 unspecified atom stereocenters. The number of ether oxygens (including phenoxy) is 1. The first-order valence-corrected chi connectivity index (χ1v) is 10.3. The van der Waals surface area contributed by atoms with Gasteiger partial charge in [0.15, 0.2) is 0 Å². The molecule has 1 aromatic heterocycles. The van der Waals surface area contributed by atoms with E-state index >= 15 is 0 Å². The van der Waals surface area contributed by atoms with Gasteiger partial charge in [0.05, 0.1) is 23.5 Å². The molecule has 1 fully saturated rings. The maximum atomic E-state index is 12.6. The van der Waals surface area contributed by atoms with Crippen LogP contribution in [0.4, 0.5) is 0 Å². The van der Waals surface area contributed by atoms with Gasteiger partial charge in [0, 0.05) is 13.0 Å². The smallest absolute Gasteiger partial charge is 0.227 e. The fraction of sp³-hybridized carbons (Fsp3) is 0.333. The van der Waals surface area contributed by atoms with Gasteiger partial charge < -0.3 is 9.64 Å². The summed E-state index contributed by atoms with van der Waals surface area (Å²) in [4.78, 5) is 14.6. The van der Waals surface area contributed by atoms with Gasteiger partial charge in [0.2, 0.25) is 11.8 Å². The highest BCUT2D eigenvalue weighted by molar-refractivity contribution is 5.76. The largest absolute Gasteiger partial charge is 0.439 e. The zero-order valence-corrected chi connectivity index (χ0v) is 17.0. The predicted molar refractivity (Wildman–Crippen MR) is 113 cm³/mol. The topological polar surface area (TPSA) is 47.4 Å². The third-order valence-corrected chi connectivity index (χ3v) is 5.28. The summed E-state index contributed by atoms with van der Waals surface area (Å²) >= 11 is 0. The van der Waals surface area contributed by atoms with Gasteiger partial charge in [-0.15, -0.1) is 0 Å². The Labute approximate surface area is 171 Å². The SMILES string of the molecule is CCC(=O)N(Cc1c(C)nn(-c2ccccc2)c1Oc1ccccc1)CC1CC1. The molecule has 0 atom stereocenters. The molecule has 3 aromatic rings. The minimum atomic E-state index is 0.175. The maximum absolute atomic E-state index is 12.6. The molecule has 0 saturated heterocycles. The fourth-order valence-electron chi connectivity index (χ4n) is 3.45. The molecule has 150 valence electrons. The summed E-state index contributed by atoms with van der Waals surface area (Å²) in [5.41, 5.74) is 2.77. The maximum Gasteiger partial charge on any atom is 0.227 e. The lowest BCUT2D eigenvalue weighted by Gasteiger charge is -2.23. The number of amides is 1. The summed E-state index contributed by atoms with van der Waals surface area (Å²) in [5.74, 6) is 2.23. The number of carbonyl (C=O) groups excluding carboxylic acids is 1. The molecular weight excluding hydrogens is 362 g/mol. The van der Waals surface area contributed by atoms with E-state index in [1.165, 1.54) is 12.8 Å². The van der Waals surface area contributed by atoms with Gasteiger partial charge >= 0.3 is 0 Å². The van der Waals surface area contributed by atoms with Crippen molar-refractivity contribution in [3.8, 4) is 17.3 Å². The molecular formula is C24H27N3O2. The van der Waals surface area contributed by atoms with E-state index in [2.05, 4.69) is 0 Å². The Hall–Kier alpha value is -3.08. The summed E-state index contributed by atoms with van der Waals surface area (Å²) in [5, 5.41) is 4.76. The van der Waals surface area contributed by atoms with E-state index in [1.807, 2.05) is 84.1 Å². The summed E-state index contributed by atoms with van der Waals surface area (Å²) < 4.78 is 8.15. The van der Waals surface area contributed by atoms with Crippen molar-refractivity contribution in [3.05, 3.63) is 71.9 Å². The number of aryl methyl sites for hydroxylation is 1. The van der Waals surface area contributed by atoms with E-state index in [0.717, 1.165) is 29.2 Å². The molecule has 2 aromatic carbocycles. The molecule has 1 aliphatic carbocycles. The van der Waals surface area contributed by atoms with Crippen LogP contribution in [0.1, 0.15) is 37.4 Å². The van der Waals surface area contributed by atoms with E-state index in [1.54, 1.807) is 0 Å². The average Bonchev–Trinajstić information content (AvgIpc) is 3.53. The minimum Gasteiger partial charge on any atom is -0.439 e. The normalized spacial score (nSPS) is 13.3. The molecule has 5 heteroatoms. The second-order valence-corrected chi connectivity index (χ2v) is 7.60. The highest BCUT2D eigenvalue weighted by atomic mass is 16.5. The third kappa shape index (κ3) is 4.50. The molecule has 1 aliphatic rings. The molecule has 5 nitrogen and oxygen atoms in total. The first kappa shape index (κ1) is 19.2. The van der Waals surface area contributed by atoms with Crippen molar-refractivity contribution in [2.45, 2.75) is 39.7 Å². The van der Waals surface area contributed by atoms with Crippen molar-refractivity contribution in [3.63, 3.8) is 0 Å². The molecule has 0 aliphatic heterocycles. The van der Waals surface area contributed by atoms with Crippen LogP contribution in [0.5, 0.6) is 11.6 Å². The van der Waals surface area contributed by atoms with Crippen LogP contribution >= 0.6 is 0 Å². The van der Waals surface area contributed by atoms with Crippen molar-refractivity contribution in [2.75, 3.05) is 6.54 Å². The van der Waals surface area contributed by atoms with Crippen molar-refractivity contribution in [1.29, 1.82) is 0 Å². The molecule has 29 heavy (non-hydrogen) atoms. The van der Waals surface area contributed by atoms with Crippen molar-refractivity contribution >= 4 is 5.91 Å². The summed E-state index contributed by atoms with van der Waals surface area (Å²) in [7, 11) is 0. The Bertz CT molecular complexity index is 963. The minimum absolute atomic E-state index is 0.175. The van der Waals surface area contributed by atoms with E-state index < -0.39 is 0 Å². The average molecular weight is 389 g/mol. The number of aromatic nitrogens is 2. The van der Waals surface area contributed by atoms with E-state index in [-0.39, 0.29) is 5.91 Å². The molecule has 0 spiro atoms. The van der Waals surface area contributed by atoms with Crippen LogP contribution in [0.3, 0.4) is 0 Å². The Morgan fingerprint density at radius 2 is 1.76 bits per heavy atom. The molecule has 0 radical (unpaired) electrons. The Morgan fingerprint density at radius 1 is 1.10 bits per heavy atom. The predicted octanol–water partition coefficient (Wildman–Crippen LogP) is 5.12. The van der Waals surface area contributed by atoms with Crippen LogP contribution in [0.25, 0.3) is 5.69 Å². The highest BCUT2D eigenvalue weighted by Crippen LogP contribution is 2.34. The van der Waals surface area contributed by atoms with Crippen LogP contribution < -0.4 is 4.74 Å². The van der Waals surface area contributed by atoms with Crippen LogP contribution in [-0.2, 0) is 11.3 Å². The summed E-state index contributed by atoms with van der Waals surface area (Å²) in [6, 6.07) is 19.7. The van der Waals surface area contributed by atoms with Crippen LogP contribution in [0.2, 0.25) is 0 Å². The van der Waals surface area contributed by atoms with Crippen LogP contribution in [-0.4, -0.2) is 27.1 Å². The standard InChI is InChI=1S/C24H27N3O2/c1-3-23(28)26(16-19-14-15-19)17-22-18(2)25-27(20-10-6-4-7-11-20)24(22)29-21-12-8-5-9-13-21/h4-13,19H,3,14-17H2,1-2H3. The van der Waals surface area contributed by atoms with Crippen molar-refractivity contribution in [2.24, 2.45) is 5.92 Å². The number of para-hydroxylation sites is 2. The molecule has 1 saturated carbocycles. The van der Waals surface area contributed by atoms with Crippen LogP contribution in [0, 0.1) is 12.8 Å². The van der Waals surface area contributed by atoms with E-state index in [4.69, 9.17) is 9.84 Å². The zero-order valence-electron chi connectivity index (χ0n) is 17.0. The fourth-order valence-corrected chi connectivity index (χ4v) is 3.45. The Morgan fingerprint density at radius 3 is 2.38 bits per heavy atom. The number of hydrogen-bond donors (Lipinski definition) is 0. The number of rotatable bonds is 8. The highest BCUT2D eigenvalue weighted by Gasteiger charge is 2.29. The van der Waals surface area contributed by atoms with Gasteiger partial charge in [-0.05, 0) is 49.9 Å². The Balaban J connectivity index is 1.73. The molecule has 4 rings (SSSR count). The summed E-state index contributed by atoms with van der Waals surface area (Å²) in [6.45, 7) is 5.24. The molecule has 1 amide bonds. The third-order valence-electron chi connectivity index (χ3n) is 5.28. The Kier molecular flexibility index (Phi) is 5.65. The van der Waals surface area contributed by atoms with E-state index in [0.29, 0.717) is 24.8 Å². The van der Waals surface area contributed by atoms with Gasteiger partial charge in [0.25, 0.3) is 0 Å². The molecule has 0 bridgehead atoms.